The predicted octanol–water partition coefficient (Wildman–Crippen LogP) is 1.10. The van der Waals surface area contributed by atoms with Crippen molar-refractivity contribution in [3.63, 3.8) is 0 Å². The molecule has 7 heteroatoms. The predicted molar refractivity (Wildman–Crippen MR) is 87.7 cm³/mol. The molecule has 122 valence electrons. The highest BCUT2D eigenvalue weighted by molar-refractivity contribution is 6.06. The van der Waals surface area contributed by atoms with Crippen molar-refractivity contribution in [1.82, 2.24) is 5.43 Å². The number of carbonyl (C=O) groups excluding carboxylic acids is 2. The second-order valence-corrected chi connectivity index (χ2v) is 5.61. The molecule has 0 bridgehead atoms. The fraction of sp³-hybridized carbons (Fsp3) is 0.438. The van der Waals surface area contributed by atoms with Crippen LogP contribution in [0.25, 0.3) is 0 Å². The minimum atomic E-state index is -0.115. The summed E-state index contributed by atoms with van der Waals surface area (Å²) in [6.45, 7) is 4.44. The molecular formula is C16H20N4O3. The van der Waals surface area contributed by atoms with Crippen LogP contribution < -0.4 is 15.6 Å². The second-order valence-electron chi connectivity index (χ2n) is 5.61. The van der Waals surface area contributed by atoms with Gasteiger partial charge in [-0.2, -0.15) is 5.10 Å². The van der Waals surface area contributed by atoms with Gasteiger partial charge in [-0.15, -0.1) is 0 Å². The molecule has 7 nitrogen and oxygen atoms in total. The second kappa shape index (κ2) is 6.78. The lowest BCUT2D eigenvalue weighted by Gasteiger charge is -2.31. The fourth-order valence-corrected chi connectivity index (χ4v) is 2.77. The molecule has 1 aromatic rings. The van der Waals surface area contributed by atoms with Crippen LogP contribution >= 0.6 is 0 Å². The van der Waals surface area contributed by atoms with E-state index in [-0.39, 0.29) is 11.8 Å². The van der Waals surface area contributed by atoms with Gasteiger partial charge in [-0.1, -0.05) is 6.07 Å². The van der Waals surface area contributed by atoms with Gasteiger partial charge in [0.25, 0.3) is 0 Å². The first-order valence-corrected chi connectivity index (χ1v) is 7.73. The Bertz CT molecular complexity index is 651. The summed E-state index contributed by atoms with van der Waals surface area (Å²) in [6.07, 6.45) is 1.03. The Morgan fingerprint density at radius 2 is 2.09 bits per heavy atom. The van der Waals surface area contributed by atoms with Gasteiger partial charge in [0.2, 0.25) is 11.8 Å². The number of morpholine rings is 1. The molecule has 0 spiro atoms. The van der Waals surface area contributed by atoms with E-state index < -0.39 is 0 Å². The molecule has 3 rings (SSSR count). The van der Waals surface area contributed by atoms with Gasteiger partial charge >= 0.3 is 0 Å². The van der Waals surface area contributed by atoms with Gasteiger partial charge in [-0.25, -0.2) is 5.43 Å². The average Bonchev–Trinajstić information content (AvgIpc) is 2.56. The number of carbonyl (C=O) groups is 2. The number of nitrogens with zero attached hydrogens (tertiary/aromatic N) is 2. The molecule has 2 aliphatic heterocycles. The van der Waals surface area contributed by atoms with Gasteiger partial charge in [0.05, 0.1) is 30.3 Å². The van der Waals surface area contributed by atoms with Crippen LogP contribution in [-0.4, -0.2) is 43.8 Å². The maximum absolute atomic E-state index is 11.5. The van der Waals surface area contributed by atoms with Crippen molar-refractivity contribution in [2.75, 3.05) is 36.5 Å². The maximum Gasteiger partial charge on any atom is 0.240 e. The van der Waals surface area contributed by atoms with Crippen molar-refractivity contribution in [2.24, 2.45) is 5.10 Å². The molecule has 0 aliphatic carbocycles. The number of rotatable bonds is 3. The lowest BCUT2D eigenvalue weighted by Crippen LogP contribution is -2.36. The summed E-state index contributed by atoms with van der Waals surface area (Å²) in [5, 5.41) is 7.01. The summed E-state index contributed by atoms with van der Waals surface area (Å²) in [6, 6.07) is 5.89. The summed E-state index contributed by atoms with van der Waals surface area (Å²) in [7, 11) is 0. The van der Waals surface area contributed by atoms with Crippen LogP contribution in [0.15, 0.2) is 23.3 Å². The number of hydrazone groups is 1. The zero-order chi connectivity index (χ0) is 16.2. The third-order valence-corrected chi connectivity index (χ3v) is 3.90. The van der Waals surface area contributed by atoms with E-state index in [1.165, 1.54) is 6.92 Å². The zero-order valence-electron chi connectivity index (χ0n) is 13.1. The number of nitrogens with one attached hydrogen (secondary N) is 2. The van der Waals surface area contributed by atoms with Crippen LogP contribution in [0.2, 0.25) is 0 Å². The van der Waals surface area contributed by atoms with E-state index in [1.54, 1.807) is 0 Å². The molecule has 1 saturated heterocycles. The molecular weight excluding hydrogens is 296 g/mol. The van der Waals surface area contributed by atoms with E-state index in [4.69, 9.17) is 4.74 Å². The smallest absolute Gasteiger partial charge is 0.240 e. The first-order chi connectivity index (χ1) is 11.1. The van der Waals surface area contributed by atoms with Crippen molar-refractivity contribution in [3.05, 3.63) is 23.8 Å². The van der Waals surface area contributed by atoms with Crippen molar-refractivity contribution < 1.29 is 14.3 Å². The Balaban J connectivity index is 1.91. The molecule has 2 heterocycles. The Hall–Kier alpha value is -2.41. The van der Waals surface area contributed by atoms with E-state index in [9.17, 15) is 9.59 Å². The number of hydrogen-bond donors (Lipinski definition) is 2. The zero-order valence-corrected chi connectivity index (χ0v) is 13.1. The molecule has 2 aliphatic rings. The molecule has 0 saturated carbocycles. The number of hydrogen-bond acceptors (Lipinski definition) is 5. The Labute approximate surface area is 134 Å². The van der Waals surface area contributed by atoms with Crippen LogP contribution in [0, 0.1) is 0 Å². The van der Waals surface area contributed by atoms with Crippen LogP contribution in [0.5, 0.6) is 0 Å². The van der Waals surface area contributed by atoms with Gasteiger partial charge in [0, 0.05) is 32.9 Å². The molecule has 0 unspecified atom stereocenters. The highest BCUT2D eigenvalue weighted by Crippen LogP contribution is 2.29. The standard InChI is InChI=1S/C16H20N4O3/c1-11(21)17-14-10-12(13-3-5-16(22)19-18-13)2-4-15(14)20-6-8-23-9-7-20/h2,4,10H,3,5-9H2,1H3,(H,17,21)(H,19,22). The van der Waals surface area contributed by atoms with E-state index in [1.807, 2.05) is 18.2 Å². The van der Waals surface area contributed by atoms with E-state index in [0.717, 1.165) is 35.7 Å². The van der Waals surface area contributed by atoms with Gasteiger partial charge in [-0.3, -0.25) is 9.59 Å². The van der Waals surface area contributed by atoms with Crippen LogP contribution in [0.1, 0.15) is 25.3 Å². The first kappa shape index (κ1) is 15.5. The molecule has 0 radical (unpaired) electrons. The minimum Gasteiger partial charge on any atom is -0.378 e. The van der Waals surface area contributed by atoms with Gasteiger partial charge in [-0.05, 0) is 17.7 Å². The number of amides is 2. The molecule has 1 fully saturated rings. The number of anilines is 2. The van der Waals surface area contributed by atoms with Crippen LogP contribution in [-0.2, 0) is 14.3 Å². The number of benzene rings is 1. The van der Waals surface area contributed by atoms with Crippen LogP contribution in [0.3, 0.4) is 0 Å². The average molecular weight is 316 g/mol. The molecule has 2 N–H and O–H groups in total. The van der Waals surface area contributed by atoms with Crippen molar-refractivity contribution >= 4 is 28.9 Å². The summed E-state index contributed by atoms with van der Waals surface area (Å²) in [5.41, 5.74) is 5.98. The van der Waals surface area contributed by atoms with Gasteiger partial charge < -0.3 is 15.0 Å². The highest BCUT2D eigenvalue weighted by atomic mass is 16.5. The highest BCUT2D eigenvalue weighted by Gasteiger charge is 2.19. The molecule has 0 aromatic heterocycles. The monoisotopic (exact) mass is 316 g/mol. The first-order valence-electron chi connectivity index (χ1n) is 7.73. The fourth-order valence-electron chi connectivity index (χ4n) is 2.77. The molecule has 1 aromatic carbocycles. The summed E-state index contributed by atoms with van der Waals surface area (Å²) < 4.78 is 5.38. The molecule has 23 heavy (non-hydrogen) atoms. The topological polar surface area (TPSA) is 83.0 Å². The van der Waals surface area contributed by atoms with E-state index >= 15 is 0 Å². The maximum atomic E-state index is 11.5. The van der Waals surface area contributed by atoms with E-state index in [2.05, 4.69) is 20.7 Å². The largest absolute Gasteiger partial charge is 0.378 e. The van der Waals surface area contributed by atoms with Crippen molar-refractivity contribution in [3.8, 4) is 0 Å². The Morgan fingerprint density at radius 3 is 2.74 bits per heavy atom. The third kappa shape index (κ3) is 3.68. The summed E-state index contributed by atoms with van der Waals surface area (Å²) in [5.74, 6) is -0.184. The van der Waals surface area contributed by atoms with E-state index in [0.29, 0.717) is 26.1 Å². The lowest BCUT2D eigenvalue weighted by atomic mass is 10.0. The van der Waals surface area contributed by atoms with Crippen molar-refractivity contribution in [2.45, 2.75) is 19.8 Å². The normalized spacial score (nSPS) is 18.2. The SMILES string of the molecule is CC(=O)Nc1cc(C2=NNC(=O)CC2)ccc1N1CCOCC1. The van der Waals surface area contributed by atoms with Gasteiger partial charge in [0.15, 0.2) is 0 Å². The molecule has 2 amide bonds. The van der Waals surface area contributed by atoms with Crippen LogP contribution in [0.4, 0.5) is 11.4 Å². The Kier molecular flexibility index (Phi) is 4.57. The number of ether oxygens (including phenoxy) is 1. The summed E-state index contributed by atoms with van der Waals surface area (Å²) >= 11 is 0. The third-order valence-electron chi connectivity index (χ3n) is 3.90. The van der Waals surface area contributed by atoms with Crippen molar-refractivity contribution in [1.29, 1.82) is 0 Å². The van der Waals surface area contributed by atoms with Gasteiger partial charge in [0.1, 0.15) is 0 Å². The lowest BCUT2D eigenvalue weighted by molar-refractivity contribution is -0.121. The molecule has 0 atom stereocenters. The minimum absolute atomic E-state index is 0.0687. The Morgan fingerprint density at radius 1 is 1.30 bits per heavy atom. The summed E-state index contributed by atoms with van der Waals surface area (Å²) in [4.78, 5) is 25.0. The quantitative estimate of drug-likeness (QED) is 0.874.